The maximum absolute atomic E-state index is 12.3. The Morgan fingerprint density at radius 1 is 0.918 bits per heavy atom. The highest BCUT2D eigenvalue weighted by atomic mass is 16.6. The average molecular weight is 673 g/mol. The average Bonchev–Trinajstić information content (AvgIpc) is 3.55. The fraction of sp³-hybridized carbons (Fsp3) is 0.526. The number of likely N-dealkylation sites (N-methyl/N-ethyl adjacent to an activating group) is 1. The number of hydrogen-bond donors (Lipinski definition) is 0. The minimum absolute atomic E-state index is 0.0970. The molecule has 0 radical (unpaired) electrons. The molecule has 8 rings (SSSR count). The molecule has 0 N–H and O–H groups in total. The third-order valence-electron chi connectivity index (χ3n) is 11.6. The summed E-state index contributed by atoms with van der Waals surface area (Å²) in [5.74, 6) is -0.350. The van der Waals surface area contributed by atoms with E-state index in [9.17, 15) is 19.2 Å². The van der Waals surface area contributed by atoms with Crippen molar-refractivity contribution in [1.82, 2.24) is 9.80 Å². The maximum Gasteiger partial charge on any atom is 0.338 e. The van der Waals surface area contributed by atoms with Gasteiger partial charge in [0.15, 0.2) is 17.6 Å². The van der Waals surface area contributed by atoms with Crippen molar-refractivity contribution in [2.24, 2.45) is 11.8 Å². The predicted octanol–water partition coefficient (Wildman–Crippen LogP) is 3.86. The zero-order valence-electron chi connectivity index (χ0n) is 28.6. The van der Waals surface area contributed by atoms with E-state index < -0.39 is 18.1 Å². The standard InChI is InChI=1S/C21H23NO5.C17H21NO4/c1-11(23)25-16-6-4-13-10-15-14-5-7-17(26-12(2)24)20-21(14,8-9-22(15)3)18(13)19(16)27-20;1-18-12-8-9-13(18)15(17(20)21-2)14(10-12)22-16(19)11-6-4-3-5-7-11/h4-7,14-15,17,20H,8-10H2,1-3H3;3-7,12-15H,8-10H2,1-2H3/t14-,15+,17-,20-,21-;12-,13+,14-,15+/m00/s1. The van der Waals surface area contributed by atoms with Crippen molar-refractivity contribution < 1.29 is 42.9 Å². The molecular formula is C38H44N2O9. The Labute approximate surface area is 286 Å². The van der Waals surface area contributed by atoms with Crippen LogP contribution < -0.4 is 9.47 Å². The summed E-state index contributed by atoms with van der Waals surface area (Å²) in [6, 6.07) is 13.6. The third-order valence-corrected chi connectivity index (χ3v) is 11.6. The summed E-state index contributed by atoms with van der Waals surface area (Å²) in [5, 5.41) is 0. The Bertz CT molecular complexity index is 1680. The number of nitrogens with zero attached hydrogens (tertiary/aromatic N) is 2. The van der Waals surface area contributed by atoms with Gasteiger partial charge in [-0.15, -0.1) is 0 Å². The number of rotatable bonds is 5. The Kier molecular flexibility index (Phi) is 8.77. The van der Waals surface area contributed by atoms with Gasteiger partial charge < -0.3 is 28.6 Å². The second kappa shape index (κ2) is 12.9. The Hall–Kier alpha value is -4.22. The van der Waals surface area contributed by atoms with Gasteiger partial charge in [-0.25, -0.2) is 4.79 Å². The number of fused-ring (bicyclic) bond motifs is 2. The van der Waals surface area contributed by atoms with Crippen LogP contribution in [0, 0.1) is 11.8 Å². The topological polar surface area (TPSA) is 121 Å². The molecule has 4 bridgehead atoms. The van der Waals surface area contributed by atoms with E-state index in [0.717, 1.165) is 37.8 Å². The molecule has 11 heteroatoms. The van der Waals surface area contributed by atoms with E-state index in [1.807, 2.05) is 25.3 Å². The molecule has 0 unspecified atom stereocenters. The molecule has 260 valence electrons. The first-order valence-corrected chi connectivity index (χ1v) is 17.2. The highest BCUT2D eigenvalue weighted by Gasteiger charge is 2.65. The quantitative estimate of drug-likeness (QED) is 0.199. The summed E-state index contributed by atoms with van der Waals surface area (Å²) in [7, 11) is 5.60. The molecule has 9 atom stereocenters. The lowest BCUT2D eigenvalue weighted by Crippen LogP contribution is -2.65. The molecule has 0 amide bonds. The van der Waals surface area contributed by atoms with E-state index in [2.05, 4.69) is 29.0 Å². The van der Waals surface area contributed by atoms with Crippen LogP contribution in [0.15, 0.2) is 54.6 Å². The number of carbonyl (C=O) groups is 4. The molecule has 3 saturated heterocycles. The van der Waals surface area contributed by atoms with Crippen molar-refractivity contribution in [1.29, 1.82) is 0 Å². The van der Waals surface area contributed by atoms with E-state index in [0.29, 0.717) is 35.6 Å². The highest BCUT2D eigenvalue weighted by Crippen LogP contribution is 2.62. The molecule has 3 fully saturated rings. The van der Waals surface area contributed by atoms with Gasteiger partial charge in [-0.1, -0.05) is 30.3 Å². The van der Waals surface area contributed by atoms with Gasteiger partial charge in [0, 0.05) is 55.3 Å². The normalized spacial score (nSPS) is 33.2. The van der Waals surface area contributed by atoms with Crippen LogP contribution in [0.1, 0.15) is 61.0 Å². The molecule has 11 nitrogen and oxygen atoms in total. The number of likely N-dealkylation sites (tertiary alicyclic amines) is 1. The summed E-state index contributed by atoms with van der Waals surface area (Å²) >= 11 is 0. The summed E-state index contributed by atoms with van der Waals surface area (Å²) in [5.41, 5.74) is 2.66. The zero-order valence-corrected chi connectivity index (χ0v) is 28.6. The van der Waals surface area contributed by atoms with Gasteiger partial charge in [0.05, 0.1) is 12.7 Å². The minimum atomic E-state index is -0.439. The maximum atomic E-state index is 12.3. The van der Waals surface area contributed by atoms with E-state index in [1.54, 1.807) is 24.3 Å². The lowest BCUT2D eigenvalue weighted by Gasteiger charge is -2.56. The van der Waals surface area contributed by atoms with Gasteiger partial charge in [0.2, 0.25) is 0 Å². The van der Waals surface area contributed by atoms with Crippen molar-refractivity contribution in [3.8, 4) is 11.5 Å². The second-order valence-electron chi connectivity index (χ2n) is 14.1. The summed E-state index contributed by atoms with van der Waals surface area (Å²) in [6.07, 6.45) is 7.57. The van der Waals surface area contributed by atoms with E-state index >= 15 is 0 Å². The van der Waals surface area contributed by atoms with Crippen LogP contribution in [0.5, 0.6) is 11.5 Å². The van der Waals surface area contributed by atoms with Gasteiger partial charge in [-0.2, -0.15) is 0 Å². The number of hydrogen-bond acceptors (Lipinski definition) is 11. The van der Waals surface area contributed by atoms with Crippen LogP contribution in [-0.4, -0.2) is 97.9 Å². The second-order valence-corrected chi connectivity index (χ2v) is 14.1. The fourth-order valence-corrected chi connectivity index (χ4v) is 9.50. The van der Waals surface area contributed by atoms with Crippen LogP contribution in [0.2, 0.25) is 0 Å². The molecule has 6 aliphatic rings. The van der Waals surface area contributed by atoms with Crippen LogP contribution >= 0.6 is 0 Å². The summed E-state index contributed by atoms with van der Waals surface area (Å²) in [6.45, 7) is 3.77. The Balaban J connectivity index is 0.000000158. The number of piperidine rings is 2. The van der Waals surface area contributed by atoms with E-state index in [-0.39, 0.29) is 47.4 Å². The first-order chi connectivity index (χ1) is 23.5. The predicted molar refractivity (Wildman–Crippen MR) is 177 cm³/mol. The molecule has 1 spiro atoms. The molecule has 4 aliphatic heterocycles. The molecule has 2 aromatic carbocycles. The number of benzene rings is 2. The largest absolute Gasteiger partial charge is 0.481 e. The first kappa shape index (κ1) is 33.3. The van der Waals surface area contributed by atoms with Gasteiger partial charge in [-0.05, 0) is 76.2 Å². The molecular weight excluding hydrogens is 628 g/mol. The van der Waals surface area contributed by atoms with Gasteiger partial charge >= 0.3 is 23.9 Å². The molecule has 0 aromatic heterocycles. The van der Waals surface area contributed by atoms with Crippen molar-refractivity contribution in [3.05, 3.63) is 71.3 Å². The molecule has 2 aliphatic carbocycles. The summed E-state index contributed by atoms with van der Waals surface area (Å²) in [4.78, 5) is 52.4. The highest BCUT2D eigenvalue weighted by molar-refractivity contribution is 5.89. The fourth-order valence-electron chi connectivity index (χ4n) is 9.50. The van der Waals surface area contributed by atoms with Gasteiger partial charge in [-0.3, -0.25) is 19.3 Å². The zero-order chi connectivity index (χ0) is 34.6. The Morgan fingerprint density at radius 2 is 1.69 bits per heavy atom. The van der Waals surface area contributed by atoms with Gasteiger partial charge in [0.1, 0.15) is 18.1 Å². The van der Waals surface area contributed by atoms with Crippen molar-refractivity contribution >= 4 is 23.9 Å². The van der Waals surface area contributed by atoms with Crippen LogP contribution in [0.25, 0.3) is 0 Å². The van der Waals surface area contributed by atoms with Crippen LogP contribution in [0.4, 0.5) is 0 Å². The van der Waals surface area contributed by atoms with Gasteiger partial charge in [0.25, 0.3) is 0 Å². The number of carbonyl (C=O) groups excluding carboxylic acids is 4. The monoisotopic (exact) mass is 672 g/mol. The molecule has 2 aromatic rings. The number of methoxy groups -OCH3 is 1. The Morgan fingerprint density at radius 3 is 2.41 bits per heavy atom. The molecule has 0 saturated carbocycles. The van der Waals surface area contributed by atoms with Crippen LogP contribution in [0.3, 0.4) is 0 Å². The minimum Gasteiger partial charge on any atom is -0.481 e. The third kappa shape index (κ3) is 5.60. The lowest BCUT2D eigenvalue weighted by molar-refractivity contribution is -0.156. The van der Waals surface area contributed by atoms with Crippen LogP contribution in [-0.2, 0) is 40.4 Å². The first-order valence-electron chi connectivity index (χ1n) is 17.2. The number of esters is 4. The van der Waals surface area contributed by atoms with E-state index in [1.165, 1.54) is 26.5 Å². The number of ether oxygens (including phenoxy) is 5. The lowest BCUT2D eigenvalue weighted by atomic mass is 9.53. The SMILES string of the molecule is CC(=O)Oc1ccc2c3c1O[C@H]1[C@@H](OC(C)=O)C=C[C@H]4[C@@H](C2)N(C)CC[C@@]341.COC(=O)[C@H]1[C@@H](OC(=O)c2ccccc2)C[C@@H]2CC[C@H]1N2C. The molecule has 49 heavy (non-hydrogen) atoms. The summed E-state index contributed by atoms with van der Waals surface area (Å²) < 4.78 is 28.1. The molecule has 4 heterocycles. The van der Waals surface area contributed by atoms with Crippen molar-refractivity contribution in [2.75, 3.05) is 27.7 Å². The van der Waals surface area contributed by atoms with Crippen molar-refractivity contribution in [3.63, 3.8) is 0 Å². The van der Waals surface area contributed by atoms with E-state index in [4.69, 9.17) is 23.7 Å². The smallest absolute Gasteiger partial charge is 0.338 e. The van der Waals surface area contributed by atoms with Crippen molar-refractivity contribution in [2.45, 2.75) is 87.8 Å².